The Morgan fingerprint density at radius 2 is 1.69 bits per heavy atom. The predicted octanol–water partition coefficient (Wildman–Crippen LogP) is 2.98. The van der Waals surface area contributed by atoms with Gasteiger partial charge in [0, 0.05) is 50.0 Å². The molecule has 0 spiro atoms. The molecule has 0 bridgehead atoms. The molecule has 0 unspecified atom stereocenters. The summed E-state index contributed by atoms with van der Waals surface area (Å²) in [6, 6.07) is 6.76. The molecule has 3 aromatic rings. The number of hydrogen-bond donors (Lipinski definition) is 0. The topological polar surface area (TPSA) is 98.5 Å². The van der Waals surface area contributed by atoms with Crippen LogP contribution in [0.3, 0.4) is 0 Å². The predicted molar refractivity (Wildman–Crippen MR) is 138 cm³/mol. The number of amides is 1. The first-order valence-corrected chi connectivity index (χ1v) is 12.6. The highest BCUT2D eigenvalue weighted by Crippen LogP contribution is 2.20. The second-order valence-corrected chi connectivity index (χ2v) is 10.0. The first-order chi connectivity index (χ1) is 17.1. The highest BCUT2D eigenvalue weighted by atomic mass is 16.4. The van der Waals surface area contributed by atoms with Gasteiger partial charge in [0.25, 0.3) is 11.5 Å². The van der Waals surface area contributed by atoms with Gasteiger partial charge in [0.1, 0.15) is 11.6 Å². The number of nitrogens with zero attached hydrogens (tertiary/aromatic N) is 6. The number of carbonyl (C=O) groups is 1. The maximum Gasteiger partial charge on any atom is 0.333 e. The Bertz CT molecular complexity index is 1360. The fourth-order valence-electron chi connectivity index (χ4n) is 4.83. The highest BCUT2D eigenvalue weighted by molar-refractivity contribution is 5.91. The average molecular weight is 497 g/mol. The molecule has 10 nitrogen and oxygen atoms in total. The molecule has 194 valence electrons. The van der Waals surface area contributed by atoms with Crippen molar-refractivity contribution < 1.29 is 9.21 Å². The van der Waals surface area contributed by atoms with Gasteiger partial charge in [-0.2, -0.15) is 5.10 Å². The minimum absolute atomic E-state index is 0.108. The molecule has 1 saturated heterocycles. The summed E-state index contributed by atoms with van der Waals surface area (Å²) in [5.74, 6) is 1.43. The zero-order valence-corrected chi connectivity index (χ0v) is 22.0. The van der Waals surface area contributed by atoms with Crippen molar-refractivity contribution in [1.82, 2.24) is 23.8 Å². The third-order valence-electron chi connectivity index (χ3n) is 6.57. The van der Waals surface area contributed by atoms with E-state index in [1.165, 1.54) is 4.57 Å². The quantitative estimate of drug-likeness (QED) is 0.520. The van der Waals surface area contributed by atoms with Crippen LogP contribution in [-0.4, -0.2) is 55.9 Å². The fourth-order valence-corrected chi connectivity index (χ4v) is 4.83. The number of hydrogen-bond acceptors (Lipinski definition) is 6. The van der Waals surface area contributed by atoms with Crippen LogP contribution in [0.4, 0.5) is 5.82 Å². The summed E-state index contributed by atoms with van der Waals surface area (Å²) in [6.45, 7) is 14.1. The summed E-state index contributed by atoms with van der Waals surface area (Å²) in [7, 11) is 0. The number of carbonyl (C=O) groups excluding carboxylic acids is 1. The molecule has 10 heteroatoms. The Balaban J connectivity index is 1.51. The van der Waals surface area contributed by atoms with E-state index in [1.807, 2.05) is 63.3 Å². The van der Waals surface area contributed by atoms with Crippen molar-refractivity contribution in [2.45, 2.75) is 66.6 Å². The Morgan fingerprint density at radius 1 is 0.972 bits per heavy atom. The van der Waals surface area contributed by atoms with Gasteiger partial charge in [0.15, 0.2) is 5.76 Å². The first-order valence-electron chi connectivity index (χ1n) is 12.6. The first kappa shape index (κ1) is 25.5. The van der Waals surface area contributed by atoms with Gasteiger partial charge in [-0.3, -0.25) is 23.4 Å². The van der Waals surface area contributed by atoms with Gasteiger partial charge in [-0.05, 0) is 66.2 Å². The van der Waals surface area contributed by atoms with E-state index in [9.17, 15) is 14.4 Å². The monoisotopic (exact) mass is 496 g/mol. The molecule has 0 N–H and O–H groups in total. The van der Waals surface area contributed by atoms with Gasteiger partial charge >= 0.3 is 5.69 Å². The van der Waals surface area contributed by atoms with Crippen LogP contribution < -0.4 is 16.1 Å². The van der Waals surface area contributed by atoms with Gasteiger partial charge < -0.3 is 14.2 Å². The molecule has 0 aromatic carbocycles. The van der Waals surface area contributed by atoms with Crippen molar-refractivity contribution in [1.29, 1.82) is 0 Å². The van der Waals surface area contributed by atoms with E-state index >= 15 is 0 Å². The van der Waals surface area contributed by atoms with Gasteiger partial charge in [-0.25, -0.2) is 4.79 Å². The van der Waals surface area contributed by atoms with E-state index in [-0.39, 0.29) is 29.2 Å². The van der Waals surface area contributed by atoms with Gasteiger partial charge in [0.2, 0.25) is 0 Å². The molecule has 0 saturated carbocycles. The van der Waals surface area contributed by atoms with Crippen molar-refractivity contribution in [2.75, 3.05) is 31.1 Å². The normalized spacial score (nSPS) is 14.7. The van der Waals surface area contributed by atoms with Gasteiger partial charge in [-0.1, -0.05) is 0 Å². The van der Waals surface area contributed by atoms with Crippen molar-refractivity contribution in [3.8, 4) is 0 Å². The fraction of sp³-hybridized carbons (Fsp3) is 0.538. The van der Waals surface area contributed by atoms with Crippen LogP contribution in [-0.2, 0) is 6.54 Å². The number of aryl methyl sites for hydroxylation is 2. The molecule has 1 aliphatic heterocycles. The van der Waals surface area contributed by atoms with E-state index < -0.39 is 0 Å². The Labute approximate surface area is 210 Å². The highest BCUT2D eigenvalue weighted by Gasteiger charge is 2.26. The lowest BCUT2D eigenvalue weighted by molar-refractivity contribution is 0.0733. The van der Waals surface area contributed by atoms with Crippen LogP contribution in [0.2, 0.25) is 0 Å². The SMILES string of the molecule is Cc1cc(C)n(Cc2ccc(C(=O)N3CCCN(c4cc(=O)n(C(C)C)c(=O)n4C(C)C)CC3)o2)n1. The zero-order chi connectivity index (χ0) is 26.1. The van der Waals surface area contributed by atoms with E-state index in [0.717, 1.165) is 11.4 Å². The number of rotatable bonds is 6. The molecule has 0 atom stereocenters. The molecule has 3 aromatic heterocycles. The van der Waals surface area contributed by atoms with E-state index in [4.69, 9.17) is 4.42 Å². The van der Waals surface area contributed by atoms with Crippen LogP contribution in [0.5, 0.6) is 0 Å². The van der Waals surface area contributed by atoms with Crippen molar-refractivity contribution in [3.63, 3.8) is 0 Å². The lowest BCUT2D eigenvalue weighted by Crippen LogP contribution is -2.45. The summed E-state index contributed by atoms with van der Waals surface area (Å²) in [6.07, 6.45) is 0.713. The largest absolute Gasteiger partial charge is 0.454 e. The van der Waals surface area contributed by atoms with Crippen molar-refractivity contribution in [2.24, 2.45) is 0 Å². The van der Waals surface area contributed by atoms with E-state index in [0.29, 0.717) is 56.5 Å². The van der Waals surface area contributed by atoms with Crippen LogP contribution in [0.25, 0.3) is 0 Å². The maximum atomic E-state index is 13.2. The molecular weight excluding hydrogens is 460 g/mol. The minimum Gasteiger partial charge on any atom is -0.454 e. The van der Waals surface area contributed by atoms with Crippen LogP contribution in [0.15, 0.2) is 38.3 Å². The standard InChI is InChI=1S/C26H36N6O4/c1-17(2)31-23(15-24(33)32(18(3)4)26(31)35)28-10-7-11-29(13-12-28)25(34)22-9-8-21(36-22)16-30-20(6)14-19(5)27-30/h8-9,14-15,17-18H,7,10-13,16H2,1-6H3. The molecule has 1 aliphatic rings. The molecule has 0 aliphatic carbocycles. The van der Waals surface area contributed by atoms with Crippen molar-refractivity contribution in [3.05, 3.63) is 68.0 Å². The van der Waals surface area contributed by atoms with Crippen molar-refractivity contribution >= 4 is 11.7 Å². The summed E-state index contributed by atoms with van der Waals surface area (Å²) in [5.41, 5.74) is 1.37. The molecule has 4 rings (SSSR count). The van der Waals surface area contributed by atoms with E-state index in [2.05, 4.69) is 5.10 Å². The molecule has 1 fully saturated rings. The molecule has 36 heavy (non-hydrogen) atoms. The Hall–Kier alpha value is -3.56. The summed E-state index contributed by atoms with van der Waals surface area (Å²) in [5, 5.41) is 4.45. The Morgan fingerprint density at radius 3 is 2.33 bits per heavy atom. The lowest BCUT2D eigenvalue weighted by atomic mass is 10.3. The van der Waals surface area contributed by atoms with Gasteiger partial charge in [0.05, 0.1) is 12.2 Å². The third kappa shape index (κ3) is 5.03. The Kier molecular flexibility index (Phi) is 7.23. The molecule has 1 amide bonds. The lowest BCUT2D eigenvalue weighted by Gasteiger charge is -2.28. The number of furan rings is 1. The van der Waals surface area contributed by atoms with Crippen LogP contribution in [0.1, 0.15) is 73.9 Å². The maximum absolute atomic E-state index is 13.2. The average Bonchev–Trinajstić information content (AvgIpc) is 3.29. The molecule has 0 radical (unpaired) electrons. The van der Waals surface area contributed by atoms with E-state index in [1.54, 1.807) is 21.6 Å². The second kappa shape index (κ2) is 10.2. The van der Waals surface area contributed by atoms with Gasteiger partial charge in [-0.15, -0.1) is 0 Å². The van der Waals surface area contributed by atoms with Crippen LogP contribution >= 0.6 is 0 Å². The minimum atomic E-state index is -0.301. The molecular formula is C26H36N6O4. The number of aromatic nitrogens is 4. The number of anilines is 1. The summed E-state index contributed by atoms with van der Waals surface area (Å²) < 4.78 is 10.7. The smallest absolute Gasteiger partial charge is 0.333 e. The zero-order valence-electron chi connectivity index (χ0n) is 22.0. The third-order valence-corrected chi connectivity index (χ3v) is 6.57. The summed E-state index contributed by atoms with van der Waals surface area (Å²) >= 11 is 0. The van der Waals surface area contributed by atoms with Crippen LogP contribution in [0, 0.1) is 13.8 Å². The molecule has 4 heterocycles. The second-order valence-electron chi connectivity index (χ2n) is 10.0. The summed E-state index contributed by atoms with van der Waals surface area (Å²) in [4.78, 5) is 42.9.